The van der Waals surface area contributed by atoms with Crippen molar-refractivity contribution in [3.05, 3.63) is 17.6 Å². The molecule has 1 amide bonds. The van der Waals surface area contributed by atoms with Crippen molar-refractivity contribution >= 4 is 22.9 Å². The second-order valence-electron chi connectivity index (χ2n) is 4.20. The Morgan fingerprint density at radius 1 is 1.58 bits per heavy atom. The van der Waals surface area contributed by atoms with Crippen LogP contribution in [0.4, 0.5) is 0 Å². The van der Waals surface area contributed by atoms with Crippen LogP contribution in [0.5, 0.6) is 0 Å². The Hall–Kier alpha value is -1.63. The largest absolute Gasteiger partial charge is 0.274 e. The van der Waals surface area contributed by atoms with Crippen molar-refractivity contribution < 1.29 is 9.00 Å². The minimum absolute atomic E-state index is 0.152. The molecule has 0 aliphatic rings. The summed E-state index contributed by atoms with van der Waals surface area (Å²) < 4.78 is 12.0. The van der Waals surface area contributed by atoms with Gasteiger partial charge in [-0.15, -0.1) is 0 Å². The molecule has 1 heterocycles. The Morgan fingerprint density at radius 3 is 2.79 bits per heavy atom. The van der Waals surface area contributed by atoms with E-state index in [-0.39, 0.29) is 11.8 Å². The van der Waals surface area contributed by atoms with Crippen LogP contribution in [0.2, 0.25) is 0 Å². The number of aromatic nitrogens is 2. The molecule has 0 bridgehead atoms. The van der Waals surface area contributed by atoms with E-state index in [0.29, 0.717) is 16.5 Å². The van der Waals surface area contributed by atoms with E-state index in [1.807, 2.05) is 20.8 Å². The molecule has 0 aliphatic heterocycles. The second-order valence-corrected chi connectivity index (χ2v) is 5.86. The van der Waals surface area contributed by atoms with E-state index >= 15 is 0 Å². The third-order valence-electron chi connectivity index (χ3n) is 2.23. The number of hydrogen-bond acceptors (Lipinski definition) is 5. The molecule has 1 aromatic rings. The second kappa shape index (κ2) is 7.08. The number of carbonyl (C=O) groups is 1. The topological polar surface area (TPSA) is 84.3 Å². The quantitative estimate of drug-likeness (QED) is 0.649. The van der Waals surface area contributed by atoms with Crippen LogP contribution in [0.25, 0.3) is 0 Å². The average molecular weight is 282 g/mol. The summed E-state index contributed by atoms with van der Waals surface area (Å²) in [4.78, 5) is 19.3. The van der Waals surface area contributed by atoms with Crippen molar-refractivity contribution in [2.75, 3.05) is 5.75 Å². The molecule has 0 spiro atoms. The van der Waals surface area contributed by atoms with E-state index in [1.165, 1.54) is 13.1 Å². The van der Waals surface area contributed by atoms with Gasteiger partial charge in [-0.3, -0.25) is 14.0 Å². The molecule has 19 heavy (non-hydrogen) atoms. The third kappa shape index (κ3) is 4.51. The maximum atomic E-state index is 12.0. The lowest BCUT2D eigenvalue weighted by atomic mass is 10.1. The van der Waals surface area contributed by atoms with Crippen LogP contribution >= 0.6 is 0 Å². The van der Waals surface area contributed by atoms with Gasteiger partial charge in [-0.05, 0) is 5.92 Å². The van der Waals surface area contributed by atoms with E-state index in [2.05, 4.69) is 20.5 Å². The molecule has 0 saturated heterocycles. The van der Waals surface area contributed by atoms with Gasteiger partial charge in [0.1, 0.15) is 10.7 Å². The van der Waals surface area contributed by atoms with Gasteiger partial charge in [-0.2, -0.15) is 5.10 Å². The Kier molecular flexibility index (Phi) is 5.75. The zero-order valence-corrected chi connectivity index (χ0v) is 12.3. The van der Waals surface area contributed by atoms with E-state index in [1.54, 1.807) is 6.20 Å². The fourth-order valence-electron chi connectivity index (χ4n) is 1.35. The van der Waals surface area contributed by atoms with Crippen LogP contribution in [0, 0.1) is 0 Å². The highest BCUT2D eigenvalue weighted by molar-refractivity contribution is 7.84. The monoisotopic (exact) mass is 282 g/mol. The predicted octanol–water partition coefficient (Wildman–Crippen LogP) is 1.20. The molecule has 0 radical (unpaired) electrons. The zero-order valence-electron chi connectivity index (χ0n) is 11.5. The van der Waals surface area contributed by atoms with Gasteiger partial charge in [0, 0.05) is 12.7 Å². The highest BCUT2D eigenvalue weighted by Crippen LogP contribution is 2.18. The standard InChI is InChI=1S/C12H18N4O2S/c1-5-19(18)12-11(8(2)3)13-6-10(15-12)7-14-16-9(4)17/h6-8H,5H2,1-4H3,(H,16,17)/b14-7+. The van der Waals surface area contributed by atoms with Gasteiger partial charge in [-0.25, -0.2) is 10.4 Å². The van der Waals surface area contributed by atoms with Gasteiger partial charge in [0.05, 0.1) is 28.9 Å². The molecular formula is C12H18N4O2S. The van der Waals surface area contributed by atoms with Crippen molar-refractivity contribution in [1.82, 2.24) is 15.4 Å². The smallest absolute Gasteiger partial charge is 0.236 e. The minimum Gasteiger partial charge on any atom is -0.274 e. The zero-order chi connectivity index (χ0) is 14.4. The van der Waals surface area contributed by atoms with Crippen LogP contribution in [-0.2, 0) is 15.6 Å². The molecule has 1 aromatic heterocycles. The Balaban J connectivity index is 3.08. The SMILES string of the molecule is CCS(=O)c1nc(/C=N/NC(C)=O)cnc1C(C)C. The molecule has 6 nitrogen and oxygen atoms in total. The van der Waals surface area contributed by atoms with Crippen molar-refractivity contribution in [3.8, 4) is 0 Å². The van der Waals surface area contributed by atoms with Gasteiger partial charge in [0.2, 0.25) is 5.91 Å². The molecule has 0 fully saturated rings. The summed E-state index contributed by atoms with van der Waals surface area (Å²) >= 11 is 0. The number of nitrogens with zero attached hydrogens (tertiary/aromatic N) is 3. The van der Waals surface area contributed by atoms with Crippen LogP contribution in [-0.4, -0.2) is 32.1 Å². The normalized spacial score (nSPS) is 12.9. The molecule has 1 N–H and O–H groups in total. The van der Waals surface area contributed by atoms with Gasteiger partial charge < -0.3 is 0 Å². The maximum Gasteiger partial charge on any atom is 0.236 e. The van der Waals surface area contributed by atoms with Crippen molar-refractivity contribution in [2.24, 2.45) is 5.10 Å². The first kappa shape index (κ1) is 15.4. The van der Waals surface area contributed by atoms with Crippen molar-refractivity contribution in [1.29, 1.82) is 0 Å². The Labute approximate surface area is 115 Å². The molecule has 104 valence electrons. The van der Waals surface area contributed by atoms with E-state index < -0.39 is 10.8 Å². The van der Waals surface area contributed by atoms with Gasteiger partial charge in [0.25, 0.3) is 0 Å². The van der Waals surface area contributed by atoms with E-state index in [9.17, 15) is 9.00 Å². The summed E-state index contributed by atoms with van der Waals surface area (Å²) in [6.07, 6.45) is 2.94. The highest BCUT2D eigenvalue weighted by atomic mass is 32.2. The third-order valence-corrected chi connectivity index (χ3v) is 3.49. The lowest BCUT2D eigenvalue weighted by molar-refractivity contribution is -0.118. The summed E-state index contributed by atoms with van der Waals surface area (Å²) in [5.74, 6) is 0.375. The predicted molar refractivity (Wildman–Crippen MR) is 74.5 cm³/mol. The first-order chi connectivity index (χ1) is 8.95. The summed E-state index contributed by atoms with van der Waals surface area (Å²) in [5.41, 5.74) is 3.48. The molecule has 7 heteroatoms. The number of carbonyl (C=O) groups excluding carboxylic acids is 1. The first-order valence-electron chi connectivity index (χ1n) is 6.00. The fraction of sp³-hybridized carbons (Fsp3) is 0.500. The Bertz CT molecular complexity index is 514. The first-order valence-corrected chi connectivity index (χ1v) is 7.32. The summed E-state index contributed by atoms with van der Waals surface area (Å²) in [6, 6.07) is 0. The molecule has 0 aromatic carbocycles. The number of rotatable bonds is 5. The summed E-state index contributed by atoms with van der Waals surface area (Å²) in [7, 11) is -1.17. The summed E-state index contributed by atoms with van der Waals surface area (Å²) in [6.45, 7) is 7.15. The van der Waals surface area contributed by atoms with Crippen LogP contribution in [0.3, 0.4) is 0 Å². The molecule has 1 atom stereocenters. The molecule has 1 rings (SSSR count). The van der Waals surface area contributed by atoms with Gasteiger partial charge in [-0.1, -0.05) is 20.8 Å². The fourth-order valence-corrected chi connectivity index (χ4v) is 2.35. The number of hydrazone groups is 1. The van der Waals surface area contributed by atoms with Gasteiger partial charge >= 0.3 is 0 Å². The van der Waals surface area contributed by atoms with Crippen LogP contribution in [0.1, 0.15) is 45.0 Å². The summed E-state index contributed by atoms with van der Waals surface area (Å²) in [5, 5.41) is 4.21. The molecule has 0 saturated carbocycles. The lowest BCUT2D eigenvalue weighted by Crippen LogP contribution is -2.13. The minimum atomic E-state index is -1.17. The van der Waals surface area contributed by atoms with Gasteiger partial charge in [0.15, 0.2) is 0 Å². The molecule has 1 unspecified atom stereocenters. The van der Waals surface area contributed by atoms with Crippen molar-refractivity contribution in [2.45, 2.75) is 38.6 Å². The highest BCUT2D eigenvalue weighted by Gasteiger charge is 2.15. The lowest BCUT2D eigenvalue weighted by Gasteiger charge is -2.09. The van der Waals surface area contributed by atoms with Crippen LogP contribution in [0.15, 0.2) is 16.3 Å². The number of amides is 1. The maximum absolute atomic E-state index is 12.0. The van der Waals surface area contributed by atoms with Crippen LogP contribution < -0.4 is 5.43 Å². The molecule has 0 aliphatic carbocycles. The van der Waals surface area contributed by atoms with E-state index in [4.69, 9.17) is 0 Å². The van der Waals surface area contributed by atoms with E-state index in [0.717, 1.165) is 5.69 Å². The average Bonchev–Trinajstić information content (AvgIpc) is 2.37. The Morgan fingerprint density at radius 2 is 2.26 bits per heavy atom. The number of nitrogens with one attached hydrogen (secondary N) is 1. The van der Waals surface area contributed by atoms with Crippen molar-refractivity contribution in [3.63, 3.8) is 0 Å². The molecular weight excluding hydrogens is 264 g/mol. The number of hydrogen-bond donors (Lipinski definition) is 1.